The van der Waals surface area contributed by atoms with Crippen LogP contribution in [-0.4, -0.2) is 43.7 Å². The molecular weight excluding hydrogens is 150 g/mol. The number of nitrogens with zero attached hydrogens (tertiary/aromatic N) is 1. The van der Waals surface area contributed by atoms with E-state index in [-0.39, 0.29) is 0 Å². The van der Waals surface area contributed by atoms with Crippen LogP contribution in [0.25, 0.3) is 0 Å². The van der Waals surface area contributed by atoms with Crippen molar-refractivity contribution in [2.24, 2.45) is 11.7 Å². The van der Waals surface area contributed by atoms with Crippen LogP contribution in [0, 0.1) is 5.92 Å². The largest absolute Gasteiger partial charge is 0.329 e. The zero-order valence-corrected chi connectivity index (χ0v) is 7.63. The van der Waals surface area contributed by atoms with Crippen LogP contribution in [-0.2, 0) is 0 Å². The lowest BCUT2D eigenvalue weighted by Gasteiger charge is -2.35. The smallest absolute Gasteiger partial charge is 0.0343 e. The Hall–Kier alpha value is -0.120. The van der Waals surface area contributed by atoms with Crippen LogP contribution in [0.2, 0.25) is 0 Å². The van der Waals surface area contributed by atoms with Crippen molar-refractivity contribution < 1.29 is 0 Å². The lowest BCUT2D eigenvalue weighted by molar-refractivity contribution is 0.159. The summed E-state index contributed by atoms with van der Waals surface area (Å²) in [6, 6.07) is 0.597. The molecule has 0 aromatic rings. The molecule has 12 heavy (non-hydrogen) atoms. The van der Waals surface area contributed by atoms with Gasteiger partial charge in [-0.05, 0) is 18.8 Å². The third-order valence-corrected chi connectivity index (χ3v) is 2.93. The molecule has 3 N–H and O–H groups in total. The highest BCUT2D eigenvalue weighted by Gasteiger charge is 2.28. The van der Waals surface area contributed by atoms with Gasteiger partial charge in [-0.15, -0.1) is 0 Å². The third-order valence-electron chi connectivity index (χ3n) is 2.93. The zero-order chi connectivity index (χ0) is 8.39. The van der Waals surface area contributed by atoms with Crippen LogP contribution >= 0.6 is 0 Å². The fourth-order valence-corrected chi connectivity index (χ4v) is 1.91. The second kappa shape index (κ2) is 3.73. The van der Waals surface area contributed by atoms with Gasteiger partial charge in [0, 0.05) is 38.8 Å². The van der Waals surface area contributed by atoms with E-state index in [0.29, 0.717) is 6.04 Å². The summed E-state index contributed by atoms with van der Waals surface area (Å²) in [4.78, 5) is 2.56. The first-order chi connectivity index (χ1) is 5.90. The van der Waals surface area contributed by atoms with E-state index >= 15 is 0 Å². The quantitative estimate of drug-likeness (QED) is 0.605. The highest BCUT2D eigenvalue weighted by Crippen LogP contribution is 2.30. The van der Waals surface area contributed by atoms with Crippen molar-refractivity contribution >= 4 is 0 Å². The molecule has 0 radical (unpaired) electrons. The van der Waals surface area contributed by atoms with E-state index in [2.05, 4.69) is 10.2 Å². The van der Waals surface area contributed by atoms with Crippen molar-refractivity contribution in [2.75, 3.05) is 32.7 Å². The Kier molecular flexibility index (Phi) is 2.63. The maximum atomic E-state index is 5.71. The Bertz CT molecular complexity index is 145. The molecule has 1 saturated heterocycles. The van der Waals surface area contributed by atoms with Crippen molar-refractivity contribution in [1.29, 1.82) is 0 Å². The standard InChI is InChI=1S/C9H19N3/c10-5-9-6-11-3-4-12(9)7-8-1-2-8/h8-9,11H,1-7,10H2. The summed E-state index contributed by atoms with van der Waals surface area (Å²) in [6.45, 7) is 5.52. The molecule has 1 heterocycles. The van der Waals surface area contributed by atoms with Crippen LogP contribution in [0.3, 0.4) is 0 Å². The summed E-state index contributed by atoms with van der Waals surface area (Å²) in [6.07, 6.45) is 2.89. The van der Waals surface area contributed by atoms with Gasteiger partial charge < -0.3 is 11.1 Å². The molecule has 3 heteroatoms. The van der Waals surface area contributed by atoms with Crippen LogP contribution in [0.4, 0.5) is 0 Å². The molecular formula is C9H19N3. The summed E-state index contributed by atoms with van der Waals surface area (Å²) in [7, 11) is 0. The molecule has 2 fully saturated rings. The van der Waals surface area contributed by atoms with E-state index < -0.39 is 0 Å². The van der Waals surface area contributed by atoms with Crippen molar-refractivity contribution in [3.8, 4) is 0 Å². The van der Waals surface area contributed by atoms with Gasteiger partial charge in [0.1, 0.15) is 0 Å². The molecule has 0 bridgehead atoms. The van der Waals surface area contributed by atoms with Gasteiger partial charge in [0.2, 0.25) is 0 Å². The van der Waals surface area contributed by atoms with Gasteiger partial charge in [0.05, 0.1) is 0 Å². The minimum absolute atomic E-state index is 0.597. The topological polar surface area (TPSA) is 41.3 Å². The van der Waals surface area contributed by atoms with Crippen molar-refractivity contribution in [3.63, 3.8) is 0 Å². The SMILES string of the molecule is NCC1CNCCN1CC1CC1. The first kappa shape index (κ1) is 8.48. The number of nitrogens with two attached hydrogens (primary N) is 1. The number of hydrogen-bond acceptors (Lipinski definition) is 3. The molecule has 0 aromatic heterocycles. The monoisotopic (exact) mass is 169 g/mol. The van der Waals surface area contributed by atoms with Gasteiger partial charge in [-0.3, -0.25) is 4.90 Å². The molecule has 1 aliphatic heterocycles. The minimum atomic E-state index is 0.597. The molecule has 1 saturated carbocycles. The fraction of sp³-hybridized carbons (Fsp3) is 1.00. The Morgan fingerprint density at radius 2 is 2.25 bits per heavy atom. The van der Waals surface area contributed by atoms with E-state index in [9.17, 15) is 0 Å². The lowest BCUT2D eigenvalue weighted by atomic mass is 10.2. The maximum absolute atomic E-state index is 5.71. The van der Waals surface area contributed by atoms with Crippen LogP contribution in [0.5, 0.6) is 0 Å². The van der Waals surface area contributed by atoms with Crippen LogP contribution < -0.4 is 11.1 Å². The molecule has 0 amide bonds. The summed E-state index contributed by atoms with van der Waals surface area (Å²) < 4.78 is 0. The van der Waals surface area contributed by atoms with Crippen molar-refractivity contribution in [1.82, 2.24) is 10.2 Å². The second-order valence-corrected chi connectivity index (χ2v) is 4.03. The summed E-state index contributed by atoms with van der Waals surface area (Å²) in [5.74, 6) is 0.997. The molecule has 0 spiro atoms. The first-order valence-corrected chi connectivity index (χ1v) is 5.05. The summed E-state index contributed by atoms with van der Waals surface area (Å²) in [5, 5.41) is 3.39. The Labute approximate surface area is 74.3 Å². The predicted octanol–water partition coefficient (Wildman–Crippen LogP) is -0.371. The molecule has 1 aliphatic carbocycles. The molecule has 3 nitrogen and oxygen atoms in total. The summed E-state index contributed by atoms with van der Waals surface area (Å²) in [5.41, 5.74) is 5.71. The van der Waals surface area contributed by atoms with E-state index in [1.165, 1.54) is 25.9 Å². The van der Waals surface area contributed by atoms with Crippen molar-refractivity contribution in [3.05, 3.63) is 0 Å². The first-order valence-electron chi connectivity index (χ1n) is 5.05. The van der Waals surface area contributed by atoms with Gasteiger partial charge in [0.25, 0.3) is 0 Å². The molecule has 2 aliphatic rings. The third kappa shape index (κ3) is 1.97. The van der Waals surface area contributed by atoms with Gasteiger partial charge in [0.15, 0.2) is 0 Å². The normalized spacial score (nSPS) is 32.2. The molecule has 70 valence electrons. The Morgan fingerprint density at radius 3 is 2.92 bits per heavy atom. The van der Waals surface area contributed by atoms with E-state index in [0.717, 1.165) is 25.6 Å². The highest BCUT2D eigenvalue weighted by molar-refractivity contribution is 4.85. The van der Waals surface area contributed by atoms with Gasteiger partial charge in [-0.1, -0.05) is 0 Å². The number of nitrogens with one attached hydrogen (secondary N) is 1. The number of piperazine rings is 1. The maximum Gasteiger partial charge on any atom is 0.0343 e. The number of rotatable bonds is 3. The van der Waals surface area contributed by atoms with E-state index in [1.54, 1.807) is 0 Å². The van der Waals surface area contributed by atoms with Gasteiger partial charge in [-0.2, -0.15) is 0 Å². The summed E-state index contributed by atoms with van der Waals surface area (Å²) >= 11 is 0. The molecule has 2 rings (SSSR count). The molecule has 1 atom stereocenters. The van der Waals surface area contributed by atoms with E-state index in [1.807, 2.05) is 0 Å². The molecule has 0 aromatic carbocycles. The minimum Gasteiger partial charge on any atom is -0.329 e. The highest BCUT2D eigenvalue weighted by atomic mass is 15.2. The van der Waals surface area contributed by atoms with Crippen LogP contribution in [0.1, 0.15) is 12.8 Å². The van der Waals surface area contributed by atoms with Crippen LogP contribution in [0.15, 0.2) is 0 Å². The average molecular weight is 169 g/mol. The zero-order valence-electron chi connectivity index (χ0n) is 7.63. The van der Waals surface area contributed by atoms with E-state index in [4.69, 9.17) is 5.73 Å². The second-order valence-electron chi connectivity index (χ2n) is 4.03. The van der Waals surface area contributed by atoms with Crippen molar-refractivity contribution in [2.45, 2.75) is 18.9 Å². The molecule has 1 unspecified atom stereocenters. The van der Waals surface area contributed by atoms with Gasteiger partial charge >= 0.3 is 0 Å². The van der Waals surface area contributed by atoms with Gasteiger partial charge in [-0.25, -0.2) is 0 Å². The average Bonchev–Trinajstić information content (AvgIpc) is 2.89. The predicted molar refractivity (Wildman–Crippen MR) is 50.0 cm³/mol. The lowest BCUT2D eigenvalue weighted by Crippen LogP contribution is -2.54. The number of hydrogen-bond donors (Lipinski definition) is 2. The Morgan fingerprint density at radius 1 is 1.42 bits per heavy atom. The fourth-order valence-electron chi connectivity index (χ4n) is 1.91. The Balaban J connectivity index is 1.81.